The molecule has 2 nitrogen and oxygen atoms in total. The zero-order chi connectivity index (χ0) is 15.1. The number of piperidine rings is 1. The molecule has 1 N–H and O–H groups in total. The van der Waals surface area contributed by atoms with Crippen molar-refractivity contribution >= 4 is 0 Å². The van der Waals surface area contributed by atoms with E-state index in [1.165, 1.54) is 84.0 Å². The van der Waals surface area contributed by atoms with Crippen molar-refractivity contribution in [3.63, 3.8) is 0 Å². The monoisotopic (exact) mass is 294 g/mol. The average molecular weight is 295 g/mol. The molecule has 1 atom stereocenters. The van der Waals surface area contributed by atoms with Crippen LogP contribution in [0.5, 0.6) is 0 Å². The van der Waals surface area contributed by atoms with Gasteiger partial charge in [0.15, 0.2) is 0 Å². The van der Waals surface area contributed by atoms with Crippen LogP contribution in [-0.4, -0.2) is 37.1 Å². The van der Waals surface area contributed by atoms with E-state index in [0.29, 0.717) is 11.5 Å². The SMILES string of the molecule is CCC1CCCN(CC2(CNC(C)C)CCCCCC2)C1. The second-order valence-corrected chi connectivity index (χ2v) is 8.10. The second-order valence-electron chi connectivity index (χ2n) is 8.10. The van der Waals surface area contributed by atoms with E-state index in [1.807, 2.05) is 0 Å². The minimum Gasteiger partial charge on any atom is -0.314 e. The predicted octanol–water partition coefficient (Wildman–Crippen LogP) is 4.45. The summed E-state index contributed by atoms with van der Waals surface area (Å²) in [4.78, 5) is 2.81. The summed E-state index contributed by atoms with van der Waals surface area (Å²) in [5.74, 6) is 0.958. The lowest BCUT2D eigenvalue weighted by atomic mass is 9.78. The molecule has 1 heterocycles. The lowest BCUT2D eigenvalue weighted by Gasteiger charge is -2.42. The fraction of sp³-hybridized carbons (Fsp3) is 1.00. The van der Waals surface area contributed by atoms with Crippen molar-refractivity contribution in [3.8, 4) is 0 Å². The highest BCUT2D eigenvalue weighted by atomic mass is 15.1. The third-order valence-corrected chi connectivity index (χ3v) is 5.79. The molecule has 1 saturated heterocycles. The van der Waals surface area contributed by atoms with Crippen molar-refractivity contribution < 1.29 is 0 Å². The van der Waals surface area contributed by atoms with Crippen LogP contribution in [0.2, 0.25) is 0 Å². The van der Waals surface area contributed by atoms with Crippen LogP contribution in [0.15, 0.2) is 0 Å². The molecule has 0 bridgehead atoms. The highest BCUT2D eigenvalue weighted by molar-refractivity contribution is 4.89. The summed E-state index contributed by atoms with van der Waals surface area (Å²) in [5, 5.41) is 3.77. The van der Waals surface area contributed by atoms with Gasteiger partial charge in [0.05, 0.1) is 0 Å². The van der Waals surface area contributed by atoms with Gasteiger partial charge in [-0.3, -0.25) is 0 Å². The number of nitrogens with one attached hydrogen (secondary N) is 1. The molecule has 21 heavy (non-hydrogen) atoms. The molecule has 2 heteroatoms. The van der Waals surface area contributed by atoms with Crippen LogP contribution in [0.3, 0.4) is 0 Å². The fourth-order valence-electron chi connectivity index (χ4n) is 4.39. The van der Waals surface area contributed by atoms with E-state index in [1.54, 1.807) is 0 Å². The first-order valence-corrected chi connectivity index (χ1v) is 9.59. The van der Waals surface area contributed by atoms with Crippen LogP contribution < -0.4 is 5.32 Å². The summed E-state index contributed by atoms with van der Waals surface area (Å²) in [6.45, 7) is 12.2. The Labute approximate surface area is 133 Å². The molecule has 0 radical (unpaired) electrons. The minimum atomic E-state index is 0.552. The van der Waals surface area contributed by atoms with Gasteiger partial charge < -0.3 is 10.2 Å². The van der Waals surface area contributed by atoms with Crippen molar-refractivity contribution in [3.05, 3.63) is 0 Å². The van der Waals surface area contributed by atoms with E-state index in [2.05, 4.69) is 31.0 Å². The molecule has 0 amide bonds. The molecule has 2 fully saturated rings. The molecule has 1 aliphatic heterocycles. The highest BCUT2D eigenvalue weighted by Crippen LogP contribution is 2.36. The van der Waals surface area contributed by atoms with Gasteiger partial charge >= 0.3 is 0 Å². The van der Waals surface area contributed by atoms with Gasteiger partial charge in [0.2, 0.25) is 0 Å². The lowest BCUT2D eigenvalue weighted by Crippen LogP contribution is -2.48. The topological polar surface area (TPSA) is 15.3 Å². The Morgan fingerprint density at radius 3 is 2.43 bits per heavy atom. The van der Waals surface area contributed by atoms with E-state index in [4.69, 9.17) is 0 Å². The maximum atomic E-state index is 3.77. The Bertz CT molecular complexity index is 279. The van der Waals surface area contributed by atoms with Gasteiger partial charge in [-0.15, -0.1) is 0 Å². The Kier molecular flexibility index (Phi) is 7.01. The van der Waals surface area contributed by atoms with E-state index < -0.39 is 0 Å². The summed E-state index contributed by atoms with van der Waals surface area (Å²) in [7, 11) is 0. The van der Waals surface area contributed by atoms with Crippen LogP contribution in [0.4, 0.5) is 0 Å². The average Bonchev–Trinajstić information content (AvgIpc) is 2.71. The molecule has 1 aliphatic carbocycles. The van der Waals surface area contributed by atoms with Gasteiger partial charge in [0, 0.05) is 25.7 Å². The van der Waals surface area contributed by atoms with E-state index >= 15 is 0 Å². The van der Waals surface area contributed by atoms with Gasteiger partial charge in [0.25, 0.3) is 0 Å². The van der Waals surface area contributed by atoms with Crippen molar-refractivity contribution in [1.82, 2.24) is 10.2 Å². The second kappa shape index (κ2) is 8.53. The summed E-state index contributed by atoms with van der Waals surface area (Å²) < 4.78 is 0. The Hall–Kier alpha value is -0.0800. The van der Waals surface area contributed by atoms with Crippen molar-refractivity contribution in [2.45, 2.75) is 84.6 Å². The number of hydrogen-bond donors (Lipinski definition) is 1. The van der Waals surface area contributed by atoms with Crippen molar-refractivity contribution in [2.24, 2.45) is 11.3 Å². The third kappa shape index (κ3) is 5.56. The molecule has 0 aromatic carbocycles. The molecule has 1 saturated carbocycles. The Morgan fingerprint density at radius 1 is 1.10 bits per heavy atom. The summed E-state index contributed by atoms with van der Waals surface area (Å²) in [6, 6.07) is 0.620. The lowest BCUT2D eigenvalue weighted by molar-refractivity contribution is 0.0865. The van der Waals surface area contributed by atoms with Crippen LogP contribution in [0.1, 0.15) is 78.6 Å². The molecule has 0 aromatic heterocycles. The number of rotatable bonds is 6. The third-order valence-electron chi connectivity index (χ3n) is 5.79. The zero-order valence-electron chi connectivity index (χ0n) is 14.8. The van der Waals surface area contributed by atoms with Crippen LogP contribution >= 0.6 is 0 Å². The molecule has 0 aromatic rings. The first kappa shape index (κ1) is 17.3. The molecule has 124 valence electrons. The van der Waals surface area contributed by atoms with Gasteiger partial charge in [0.1, 0.15) is 0 Å². The van der Waals surface area contributed by atoms with Gasteiger partial charge in [-0.05, 0) is 43.6 Å². The highest BCUT2D eigenvalue weighted by Gasteiger charge is 2.34. The zero-order valence-corrected chi connectivity index (χ0v) is 14.8. The summed E-state index contributed by atoms with van der Waals surface area (Å²) >= 11 is 0. The fourth-order valence-corrected chi connectivity index (χ4v) is 4.39. The normalized spacial score (nSPS) is 27.7. The quantitative estimate of drug-likeness (QED) is 0.728. The molecular weight excluding hydrogens is 256 g/mol. The molecule has 2 rings (SSSR count). The van der Waals surface area contributed by atoms with Crippen LogP contribution in [0.25, 0.3) is 0 Å². The maximum absolute atomic E-state index is 3.77. The predicted molar refractivity (Wildman–Crippen MR) is 92.7 cm³/mol. The first-order chi connectivity index (χ1) is 10.1. The van der Waals surface area contributed by atoms with Gasteiger partial charge in [-0.25, -0.2) is 0 Å². The largest absolute Gasteiger partial charge is 0.314 e. The van der Waals surface area contributed by atoms with Gasteiger partial charge in [-0.2, -0.15) is 0 Å². The number of nitrogens with zero attached hydrogens (tertiary/aromatic N) is 1. The van der Waals surface area contributed by atoms with E-state index in [9.17, 15) is 0 Å². The van der Waals surface area contributed by atoms with Crippen molar-refractivity contribution in [2.75, 3.05) is 26.2 Å². The minimum absolute atomic E-state index is 0.552. The van der Waals surface area contributed by atoms with Crippen LogP contribution in [-0.2, 0) is 0 Å². The number of likely N-dealkylation sites (tertiary alicyclic amines) is 1. The Balaban J connectivity index is 1.96. The molecule has 1 unspecified atom stereocenters. The standard InChI is InChI=1S/C19H38N2/c1-4-18-10-9-13-21(14-18)16-19(15-20-17(2)3)11-7-5-6-8-12-19/h17-18,20H,4-16H2,1-3H3. The molecule has 2 aliphatic rings. The maximum Gasteiger partial charge on any atom is 0.00503 e. The Morgan fingerprint density at radius 2 is 1.81 bits per heavy atom. The smallest absolute Gasteiger partial charge is 0.00503 e. The van der Waals surface area contributed by atoms with Crippen molar-refractivity contribution in [1.29, 1.82) is 0 Å². The first-order valence-electron chi connectivity index (χ1n) is 9.59. The van der Waals surface area contributed by atoms with E-state index in [-0.39, 0.29) is 0 Å². The van der Waals surface area contributed by atoms with E-state index in [0.717, 1.165) is 5.92 Å². The molecule has 0 spiro atoms. The summed E-state index contributed by atoms with van der Waals surface area (Å²) in [6.07, 6.45) is 13.0. The van der Waals surface area contributed by atoms with Crippen LogP contribution in [0, 0.1) is 11.3 Å². The van der Waals surface area contributed by atoms with Gasteiger partial charge in [-0.1, -0.05) is 52.9 Å². The number of hydrogen-bond acceptors (Lipinski definition) is 2. The molecular formula is C19H38N2. The summed E-state index contributed by atoms with van der Waals surface area (Å²) in [5.41, 5.74) is 0.552.